The Balaban J connectivity index is 3.53. The van der Waals surface area contributed by atoms with Crippen LogP contribution in [-0.4, -0.2) is 6.61 Å². The van der Waals surface area contributed by atoms with Gasteiger partial charge in [-0.1, -0.05) is 33.1 Å². The Morgan fingerprint density at radius 3 is 2.46 bits per heavy atom. The van der Waals surface area contributed by atoms with Gasteiger partial charge in [-0.3, -0.25) is 0 Å². The van der Waals surface area contributed by atoms with Crippen LogP contribution in [-0.2, 0) is 4.74 Å². The molecule has 0 heterocycles. The average molecular weight is 184 g/mol. The van der Waals surface area contributed by atoms with E-state index in [4.69, 9.17) is 4.74 Å². The van der Waals surface area contributed by atoms with E-state index in [2.05, 4.69) is 27.7 Å². The maximum Gasteiger partial charge on any atom is 0.0901 e. The lowest BCUT2D eigenvalue weighted by Gasteiger charge is -2.13. The highest BCUT2D eigenvalue weighted by molar-refractivity contribution is 4.86. The third-order valence-corrected chi connectivity index (χ3v) is 2.19. The van der Waals surface area contributed by atoms with Gasteiger partial charge in [0, 0.05) is 0 Å². The van der Waals surface area contributed by atoms with Gasteiger partial charge in [0.25, 0.3) is 0 Å². The normalized spacial score (nSPS) is 12.3. The fourth-order valence-corrected chi connectivity index (χ4v) is 1.25. The van der Waals surface area contributed by atoms with Gasteiger partial charge in [-0.25, -0.2) is 0 Å². The van der Waals surface area contributed by atoms with Crippen LogP contribution in [0.15, 0.2) is 11.8 Å². The molecule has 1 nitrogen and oxygen atoms in total. The molecule has 0 N–H and O–H groups in total. The first-order valence-electron chi connectivity index (χ1n) is 5.45. The van der Waals surface area contributed by atoms with Gasteiger partial charge in [-0.05, 0) is 31.8 Å². The predicted molar refractivity (Wildman–Crippen MR) is 58.7 cm³/mol. The van der Waals surface area contributed by atoms with Crippen molar-refractivity contribution in [2.45, 2.75) is 53.4 Å². The van der Waals surface area contributed by atoms with E-state index in [1.54, 1.807) is 0 Å². The number of unbranched alkanes of at least 4 members (excludes halogenated alkanes) is 1. The summed E-state index contributed by atoms with van der Waals surface area (Å²) in [6.45, 7) is 9.50. The fraction of sp³-hybridized carbons (Fsp3) is 0.833. The van der Waals surface area contributed by atoms with E-state index >= 15 is 0 Å². The summed E-state index contributed by atoms with van der Waals surface area (Å²) in [7, 11) is 0. The van der Waals surface area contributed by atoms with Crippen LogP contribution in [0.25, 0.3) is 0 Å². The first-order chi connectivity index (χ1) is 6.20. The Morgan fingerprint density at radius 2 is 2.00 bits per heavy atom. The van der Waals surface area contributed by atoms with Crippen LogP contribution in [0.2, 0.25) is 0 Å². The van der Waals surface area contributed by atoms with E-state index in [-0.39, 0.29) is 0 Å². The molecule has 0 aliphatic rings. The maximum atomic E-state index is 5.48. The van der Waals surface area contributed by atoms with Gasteiger partial charge < -0.3 is 4.74 Å². The van der Waals surface area contributed by atoms with Crippen molar-refractivity contribution in [1.82, 2.24) is 0 Å². The largest absolute Gasteiger partial charge is 0.501 e. The van der Waals surface area contributed by atoms with E-state index in [0.717, 1.165) is 12.5 Å². The van der Waals surface area contributed by atoms with E-state index in [1.165, 1.54) is 31.3 Å². The number of rotatable bonds is 7. The van der Waals surface area contributed by atoms with Crippen molar-refractivity contribution in [3.63, 3.8) is 0 Å². The second kappa shape index (κ2) is 8.15. The molecule has 0 aromatic rings. The fourth-order valence-electron chi connectivity index (χ4n) is 1.25. The van der Waals surface area contributed by atoms with Crippen molar-refractivity contribution < 1.29 is 4.74 Å². The molecule has 1 atom stereocenters. The molecule has 0 saturated heterocycles. The Bertz CT molecular complexity index is 134. The molecule has 0 aliphatic carbocycles. The Kier molecular flexibility index (Phi) is 7.86. The molecule has 1 unspecified atom stereocenters. The third kappa shape index (κ3) is 7.89. The lowest BCUT2D eigenvalue weighted by atomic mass is 10.0. The molecule has 0 rings (SSSR count). The minimum Gasteiger partial charge on any atom is -0.501 e. The highest BCUT2D eigenvalue weighted by Crippen LogP contribution is 2.13. The average Bonchev–Trinajstić information content (AvgIpc) is 2.10. The summed E-state index contributed by atoms with van der Waals surface area (Å²) >= 11 is 0. The Labute approximate surface area is 83.2 Å². The molecule has 13 heavy (non-hydrogen) atoms. The first kappa shape index (κ1) is 12.5. The number of hydrogen-bond acceptors (Lipinski definition) is 1. The third-order valence-electron chi connectivity index (χ3n) is 2.19. The van der Waals surface area contributed by atoms with Crippen LogP contribution >= 0.6 is 0 Å². The SMILES string of the molecule is CCCCC(CC)COC=C(C)C. The standard InChI is InChI=1S/C12H24O/c1-5-7-8-12(6-2)10-13-9-11(3)4/h9,12H,5-8,10H2,1-4H3. The van der Waals surface area contributed by atoms with Crippen molar-refractivity contribution in [3.8, 4) is 0 Å². The topological polar surface area (TPSA) is 9.23 Å². The molecule has 0 fully saturated rings. The van der Waals surface area contributed by atoms with Crippen LogP contribution in [0.3, 0.4) is 0 Å². The van der Waals surface area contributed by atoms with Crippen LogP contribution in [0, 0.1) is 5.92 Å². The molecule has 0 aromatic heterocycles. The molecule has 0 spiro atoms. The van der Waals surface area contributed by atoms with E-state index < -0.39 is 0 Å². The zero-order valence-electron chi connectivity index (χ0n) is 9.60. The summed E-state index contributed by atoms with van der Waals surface area (Å²) in [4.78, 5) is 0. The zero-order valence-corrected chi connectivity index (χ0v) is 9.60. The summed E-state index contributed by atoms with van der Waals surface area (Å²) in [5.41, 5.74) is 1.24. The van der Waals surface area contributed by atoms with Crippen molar-refractivity contribution in [1.29, 1.82) is 0 Å². The summed E-state index contributed by atoms with van der Waals surface area (Å²) in [5, 5.41) is 0. The molecule has 0 radical (unpaired) electrons. The second-order valence-electron chi connectivity index (χ2n) is 3.95. The maximum absolute atomic E-state index is 5.48. The predicted octanol–water partition coefficient (Wildman–Crippen LogP) is 4.14. The summed E-state index contributed by atoms with van der Waals surface area (Å²) in [6.07, 6.45) is 7.03. The Hall–Kier alpha value is -0.460. The highest BCUT2D eigenvalue weighted by atomic mass is 16.5. The minimum absolute atomic E-state index is 0.746. The summed E-state index contributed by atoms with van der Waals surface area (Å²) in [6, 6.07) is 0. The van der Waals surface area contributed by atoms with Crippen molar-refractivity contribution >= 4 is 0 Å². The van der Waals surface area contributed by atoms with Gasteiger partial charge in [0.1, 0.15) is 0 Å². The number of allylic oxidation sites excluding steroid dienone is 1. The van der Waals surface area contributed by atoms with Crippen molar-refractivity contribution in [2.24, 2.45) is 5.92 Å². The van der Waals surface area contributed by atoms with Gasteiger partial charge in [-0.15, -0.1) is 0 Å². The van der Waals surface area contributed by atoms with Crippen molar-refractivity contribution in [3.05, 3.63) is 11.8 Å². The van der Waals surface area contributed by atoms with Gasteiger partial charge in [0.15, 0.2) is 0 Å². The molecule has 0 aliphatic heterocycles. The molecule has 0 aromatic carbocycles. The lowest BCUT2D eigenvalue weighted by molar-refractivity contribution is 0.181. The number of hydrogen-bond donors (Lipinski definition) is 0. The van der Waals surface area contributed by atoms with Crippen LogP contribution in [0.4, 0.5) is 0 Å². The van der Waals surface area contributed by atoms with Gasteiger partial charge in [0.05, 0.1) is 12.9 Å². The summed E-state index contributed by atoms with van der Waals surface area (Å²) in [5.74, 6) is 0.746. The smallest absolute Gasteiger partial charge is 0.0901 e. The number of ether oxygens (including phenoxy) is 1. The summed E-state index contributed by atoms with van der Waals surface area (Å²) < 4.78 is 5.48. The molecule has 0 bridgehead atoms. The van der Waals surface area contributed by atoms with Crippen molar-refractivity contribution in [2.75, 3.05) is 6.61 Å². The van der Waals surface area contributed by atoms with E-state index in [9.17, 15) is 0 Å². The molecular weight excluding hydrogens is 160 g/mol. The first-order valence-corrected chi connectivity index (χ1v) is 5.45. The van der Waals surface area contributed by atoms with E-state index in [1.807, 2.05) is 6.26 Å². The quantitative estimate of drug-likeness (QED) is 0.540. The second-order valence-corrected chi connectivity index (χ2v) is 3.95. The molecule has 0 saturated carbocycles. The lowest BCUT2D eigenvalue weighted by Crippen LogP contribution is -2.06. The van der Waals surface area contributed by atoms with Crippen LogP contribution in [0.1, 0.15) is 53.4 Å². The monoisotopic (exact) mass is 184 g/mol. The zero-order chi connectivity index (χ0) is 10.1. The van der Waals surface area contributed by atoms with Gasteiger partial charge in [0.2, 0.25) is 0 Å². The van der Waals surface area contributed by atoms with Crippen LogP contribution in [0.5, 0.6) is 0 Å². The van der Waals surface area contributed by atoms with E-state index in [0.29, 0.717) is 0 Å². The molecule has 1 heteroatoms. The Morgan fingerprint density at radius 1 is 1.31 bits per heavy atom. The molecule has 78 valence electrons. The highest BCUT2D eigenvalue weighted by Gasteiger charge is 2.04. The van der Waals surface area contributed by atoms with Gasteiger partial charge in [-0.2, -0.15) is 0 Å². The molecule has 0 amide bonds. The van der Waals surface area contributed by atoms with Crippen LogP contribution < -0.4 is 0 Å². The van der Waals surface area contributed by atoms with Gasteiger partial charge >= 0.3 is 0 Å². The minimum atomic E-state index is 0.746. The molecular formula is C12H24O.